The van der Waals surface area contributed by atoms with Crippen LogP contribution in [0.4, 0.5) is 4.39 Å². The van der Waals surface area contributed by atoms with Gasteiger partial charge in [-0.3, -0.25) is 0 Å². The molecule has 0 aliphatic heterocycles. The maximum atomic E-state index is 13.3. The monoisotopic (exact) mass is 314 g/mol. The highest BCUT2D eigenvalue weighted by Gasteiger charge is 2.17. The van der Waals surface area contributed by atoms with Crippen LogP contribution in [0.2, 0.25) is 0 Å². The molecule has 2 aromatic rings. The molecule has 0 spiro atoms. The van der Waals surface area contributed by atoms with Gasteiger partial charge in [0.05, 0.1) is 23.7 Å². The Labute approximate surface area is 121 Å². The van der Waals surface area contributed by atoms with E-state index in [4.69, 9.17) is 9.52 Å². The number of aromatic nitrogens is 1. The van der Waals surface area contributed by atoms with Gasteiger partial charge in [0.15, 0.2) is 0 Å². The largest absolute Gasteiger partial charge is 0.444 e. The number of halogens is 1. The Hall–Kier alpha value is -1.77. The van der Waals surface area contributed by atoms with Crippen LogP contribution in [0.3, 0.4) is 0 Å². The van der Waals surface area contributed by atoms with Crippen LogP contribution >= 0.6 is 0 Å². The fraction of sp³-hybridized carbons (Fsp3) is 0.308. The SMILES string of the molecule is Cc1nc(CNS(=O)(=O)c2ccc(F)c(CO)c2)oc1C. The molecule has 0 amide bonds. The van der Waals surface area contributed by atoms with Crippen molar-refractivity contribution in [1.82, 2.24) is 9.71 Å². The van der Waals surface area contributed by atoms with Gasteiger partial charge in [0.1, 0.15) is 11.6 Å². The third-order valence-corrected chi connectivity index (χ3v) is 4.38. The second-order valence-electron chi connectivity index (χ2n) is 4.49. The van der Waals surface area contributed by atoms with Crippen LogP contribution in [-0.4, -0.2) is 18.5 Å². The first kappa shape index (κ1) is 15.6. The van der Waals surface area contributed by atoms with E-state index in [2.05, 4.69) is 9.71 Å². The quantitative estimate of drug-likeness (QED) is 0.870. The summed E-state index contributed by atoms with van der Waals surface area (Å²) in [6, 6.07) is 3.21. The summed E-state index contributed by atoms with van der Waals surface area (Å²) in [4.78, 5) is 3.93. The van der Waals surface area contributed by atoms with Crippen LogP contribution in [-0.2, 0) is 23.2 Å². The van der Waals surface area contributed by atoms with E-state index in [1.807, 2.05) is 0 Å². The summed E-state index contributed by atoms with van der Waals surface area (Å²) >= 11 is 0. The van der Waals surface area contributed by atoms with Crippen molar-refractivity contribution in [3.05, 3.63) is 46.9 Å². The Morgan fingerprint density at radius 3 is 2.67 bits per heavy atom. The molecule has 0 aliphatic rings. The Bertz CT molecular complexity index is 736. The lowest BCUT2D eigenvalue weighted by molar-refractivity contribution is 0.275. The fourth-order valence-electron chi connectivity index (χ4n) is 1.69. The van der Waals surface area contributed by atoms with Gasteiger partial charge in [-0.1, -0.05) is 0 Å². The molecule has 1 aromatic carbocycles. The lowest BCUT2D eigenvalue weighted by atomic mass is 10.2. The predicted molar refractivity (Wildman–Crippen MR) is 72.3 cm³/mol. The topological polar surface area (TPSA) is 92.4 Å². The van der Waals surface area contributed by atoms with Crippen molar-refractivity contribution in [2.75, 3.05) is 0 Å². The van der Waals surface area contributed by atoms with Crippen LogP contribution in [0.15, 0.2) is 27.5 Å². The third-order valence-electron chi connectivity index (χ3n) is 2.98. The fourth-order valence-corrected chi connectivity index (χ4v) is 2.72. The summed E-state index contributed by atoms with van der Waals surface area (Å²) in [6.07, 6.45) is 0. The number of rotatable bonds is 5. The van der Waals surface area contributed by atoms with Gasteiger partial charge in [-0.2, -0.15) is 0 Å². The number of sulfonamides is 1. The minimum atomic E-state index is -3.84. The minimum absolute atomic E-state index is 0.0827. The van der Waals surface area contributed by atoms with E-state index < -0.39 is 22.4 Å². The van der Waals surface area contributed by atoms with Crippen molar-refractivity contribution in [1.29, 1.82) is 0 Å². The number of oxazole rings is 1. The molecule has 0 unspecified atom stereocenters. The molecule has 0 atom stereocenters. The number of nitrogens with zero attached hydrogens (tertiary/aromatic N) is 1. The van der Waals surface area contributed by atoms with Crippen LogP contribution in [0.1, 0.15) is 22.9 Å². The number of nitrogens with one attached hydrogen (secondary N) is 1. The van der Waals surface area contributed by atoms with Crippen molar-refractivity contribution < 1.29 is 22.3 Å². The number of aliphatic hydroxyl groups is 1. The molecule has 2 rings (SSSR count). The van der Waals surface area contributed by atoms with Gasteiger partial charge in [0.25, 0.3) is 0 Å². The third kappa shape index (κ3) is 3.46. The first-order chi connectivity index (χ1) is 9.83. The van der Waals surface area contributed by atoms with Crippen molar-refractivity contribution in [3.8, 4) is 0 Å². The number of aryl methyl sites for hydroxylation is 2. The molecule has 0 radical (unpaired) electrons. The number of benzene rings is 1. The van der Waals surface area contributed by atoms with Crippen molar-refractivity contribution in [2.24, 2.45) is 0 Å². The van der Waals surface area contributed by atoms with Gasteiger partial charge in [0, 0.05) is 5.56 Å². The zero-order chi connectivity index (χ0) is 15.6. The minimum Gasteiger partial charge on any atom is -0.444 e. The molecule has 8 heteroatoms. The first-order valence-corrected chi connectivity index (χ1v) is 7.63. The summed E-state index contributed by atoms with van der Waals surface area (Å²) in [7, 11) is -3.84. The summed E-state index contributed by atoms with van der Waals surface area (Å²) in [6.45, 7) is 2.80. The molecule has 6 nitrogen and oxygen atoms in total. The Morgan fingerprint density at radius 2 is 2.10 bits per heavy atom. The van der Waals surface area contributed by atoms with Gasteiger partial charge in [-0.05, 0) is 32.0 Å². The van der Waals surface area contributed by atoms with Crippen LogP contribution < -0.4 is 4.72 Å². The van der Waals surface area contributed by atoms with E-state index in [0.29, 0.717) is 11.5 Å². The van der Waals surface area contributed by atoms with Crippen LogP contribution in [0.5, 0.6) is 0 Å². The molecule has 114 valence electrons. The molecule has 0 fully saturated rings. The molecule has 1 aromatic heterocycles. The summed E-state index contributed by atoms with van der Waals surface area (Å²) in [5, 5.41) is 8.97. The molecular weight excluding hydrogens is 299 g/mol. The van der Waals surface area contributed by atoms with Crippen molar-refractivity contribution in [3.63, 3.8) is 0 Å². The van der Waals surface area contributed by atoms with E-state index >= 15 is 0 Å². The van der Waals surface area contributed by atoms with Gasteiger partial charge < -0.3 is 9.52 Å². The second-order valence-corrected chi connectivity index (χ2v) is 6.25. The van der Waals surface area contributed by atoms with Crippen molar-refractivity contribution in [2.45, 2.75) is 31.9 Å². The lowest BCUT2D eigenvalue weighted by Crippen LogP contribution is -2.23. The number of hydrogen-bond acceptors (Lipinski definition) is 5. The summed E-state index contributed by atoms with van der Waals surface area (Å²) < 4.78 is 45.0. The molecule has 1 heterocycles. The molecule has 0 saturated carbocycles. The molecule has 0 aliphatic carbocycles. The van der Waals surface area contributed by atoms with Gasteiger partial charge in [0.2, 0.25) is 15.9 Å². The Balaban J connectivity index is 2.18. The first-order valence-electron chi connectivity index (χ1n) is 6.15. The average Bonchev–Trinajstić information content (AvgIpc) is 2.76. The van der Waals surface area contributed by atoms with Crippen LogP contribution in [0, 0.1) is 19.7 Å². The highest BCUT2D eigenvalue weighted by Crippen LogP contribution is 2.16. The lowest BCUT2D eigenvalue weighted by Gasteiger charge is -2.07. The normalized spacial score (nSPS) is 11.8. The molecule has 2 N–H and O–H groups in total. The highest BCUT2D eigenvalue weighted by molar-refractivity contribution is 7.89. The Morgan fingerprint density at radius 1 is 1.38 bits per heavy atom. The second kappa shape index (κ2) is 5.92. The van der Waals surface area contributed by atoms with E-state index in [-0.39, 0.29) is 22.9 Å². The molecular formula is C13H15FN2O4S. The Kier molecular flexibility index (Phi) is 4.40. The van der Waals surface area contributed by atoms with Gasteiger partial charge in [-0.25, -0.2) is 22.5 Å². The number of hydrogen-bond donors (Lipinski definition) is 2. The van der Waals surface area contributed by atoms with Gasteiger partial charge in [-0.15, -0.1) is 0 Å². The zero-order valence-electron chi connectivity index (χ0n) is 11.6. The van der Waals surface area contributed by atoms with Gasteiger partial charge >= 0.3 is 0 Å². The smallest absolute Gasteiger partial charge is 0.241 e. The highest BCUT2D eigenvalue weighted by atomic mass is 32.2. The van der Waals surface area contributed by atoms with E-state index in [0.717, 1.165) is 18.2 Å². The molecule has 21 heavy (non-hydrogen) atoms. The maximum absolute atomic E-state index is 13.3. The standard InChI is InChI=1S/C13H15FN2O4S/c1-8-9(2)20-13(16-8)6-15-21(18,19)11-3-4-12(14)10(5-11)7-17/h3-5,15,17H,6-7H2,1-2H3. The predicted octanol–water partition coefficient (Wildman–Crippen LogP) is 1.40. The van der Waals surface area contributed by atoms with Crippen LogP contribution in [0.25, 0.3) is 0 Å². The number of aliphatic hydroxyl groups excluding tert-OH is 1. The van der Waals surface area contributed by atoms with E-state index in [1.165, 1.54) is 0 Å². The van der Waals surface area contributed by atoms with Crippen molar-refractivity contribution >= 4 is 10.0 Å². The average molecular weight is 314 g/mol. The van der Waals surface area contributed by atoms with E-state index in [9.17, 15) is 12.8 Å². The maximum Gasteiger partial charge on any atom is 0.241 e. The van der Waals surface area contributed by atoms with E-state index in [1.54, 1.807) is 13.8 Å². The zero-order valence-corrected chi connectivity index (χ0v) is 12.4. The molecule has 0 bridgehead atoms. The molecule has 0 saturated heterocycles. The summed E-state index contributed by atoms with van der Waals surface area (Å²) in [5.41, 5.74) is 0.606. The summed E-state index contributed by atoms with van der Waals surface area (Å²) in [5.74, 6) is 0.210.